The third-order valence-electron chi connectivity index (χ3n) is 2.20. The molecule has 0 unspecified atom stereocenters. The second-order valence-corrected chi connectivity index (χ2v) is 3.61. The molecule has 1 N–H and O–H groups in total. The van der Waals surface area contributed by atoms with Gasteiger partial charge in [-0.05, 0) is 18.6 Å². The molecule has 0 aliphatic heterocycles. The zero-order chi connectivity index (χ0) is 11.8. The Balaban J connectivity index is 0.00000256. The van der Waals surface area contributed by atoms with Gasteiger partial charge in [0.15, 0.2) is 0 Å². The minimum atomic E-state index is -0.315. The number of esters is 1. The van der Waals surface area contributed by atoms with E-state index in [0.717, 1.165) is 12.8 Å². The van der Waals surface area contributed by atoms with Crippen LogP contribution in [-0.4, -0.2) is 18.3 Å². The second kappa shape index (κ2) is 8.76. The van der Waals surface area contributed by atoms with E-state index in [4.69, 9.17) is 10.1 Å². The Labute approximate surface area is 108 Å². The predicted molar refractivity (Wildman–Crippen MR) is 71.2 cm³/mol. The molecule has 0 aromatic heterocycles. The van der Waals surface area contributed by atoms with Gasteiger partial charge in [0.25, 0.3) is 0 Å². The molecule has 0 heterocycles. The van der Waals surface area contributed by atoms with Gasteiger partial charge in [0, 0.05) is 12.1 Å². The molecule has 17 heavy (non-hydrogen) atoms. The SMILES string of the molecule is CCCC(=N)CCOC(=O)c1ccccc1.Cl. The summed E-state index contributed by atoms with van der Waals surface area (Å²) in [7, 11) is 0. The summed E-state index contributed by atoms with van der Waals surface area (Å²) in [6, 6.07) is 8.90. The smallest absolute Gasteiger partial charge is 0.338 e. The summed E-state index contributed by atoms with van der Waals surface area (Å²) in [5.74, 6) is -0.315. The summed E-state index contributed by atoms with van der Waals surface area (Å²) in [6.07, 6.45) is 2.28. The summed E-state index contributed by atoms with van der Waals surface area (Å²) in [5.41, 5.74) is 1.20. The number of rotatable bonds is 6. The van der Waals surface area contributed by atoms with Crippen molar-refractivity contribution in [2.24, 2.45) is 0 Å². The molecule has 0 fully saturated rings. The van der Waals surface area contributed by atoms with Crippen LogP contribution in [0.3, 0.4) is 0 Å². The zero-order valence-electron chi connectivity index (χ0n) is 9.94. The summed E-state index contributed by atoms with van der Waals surface area (Å²) < 4.78 is 5.07. The predicted octanol–water partition coefficient (Wildman–Crippen LogP) is 3.48. The van der Waals surface area contributed by atoms with E-state index in [-0.39, 0.29) is 18.4 Å². The molecule has 0 saturated carbocycles. The first-order valence-corrected chi connectivity index (χ1v) is 5.52. The van der Waals surface area contributed by atoms with Gasteiger partial charge in [-0.3, -0.25) is 0 Å². The molecule has 0 aliphatic carbocycles. The fourth-order valence-electron chi connectivity index (χ4n) is 1.35. The van der Waals surface area contributed by atoms with Gasteiger partial charge in [0.05, 0.1) is 12.2 Å². The first-order valence-electron chi connectivity index (χ1n) is 5.52. The highest BCUT2D eigenvalue weighted by Crippen LogP contribution is 2.02. The number of nitrogens with one attached hydrogen (secondary N) is 1. The average molecular weight is 256 g/mol. The molecule has 1 rings (SSSR count). The van der Waals surface area contributed by atoms with Crippen LogP contribution < -0.4 is 0 Å². The molecule has 0 aliphatic rings. The Morgan fingerprint density at radius 1 is 1.24 bits per heavy atom. The number of hydrogen-bond acceptors (Lipinski definition) is 3. The largest absolute Gasteiger partial charge is 0.462 e. The monoisotopic (exact) mass is 255 g/mol. The maximum absolute atomic E-state index is 11.5. The molecular formula is C13H18ClNO2. The van der Waals surface area contributed by atoms with Crippen LogP contribution in [-0.2, 0) is 4.74 Å². The number of halogens is 1. The Morgan fingerprint density at radius 2 is 1.88 bits per heavy atom. The number of carbonyl (C=O) groups excluding carboxylic acids is 1. The lowest BCUT2D eigenvalue weighted by Crippen LogP contribution is -2.09. The van der Waals surface area contributed by atoms with E-state index in [9.17, 15) is 4.79 Å². The van der Waals surface area contributed by atoms with Gasteiger partial charge >= 0.3 is 5.97 Å². The molecular weight excluding hydrogens is 238 g/mol. The summed E-state index contributed by atoms with van der Waals surface area (Å²) >= 11 is 0. The standard InChI is InChI=1S/C13H17NO2.ClH/c1-2-6-12(14)9-10-16-13(15)11-7-4-3-5-8-11;/h3-5,7-8,14H,2,6,9-10H2,1H3;1H. The minimum absolute atomic E-state index is 0. The van der Waals surface area contributed by atoms with Crippen molar-refractivity contribution in [3.8, 4) is 0 Å². The molecule has 0 saturated heterocycles. The molecule has 1 aromatic rings. The van der Waals surface area contributed by atoms with Crippen molar-refractivity contribution in [1.29, 1.82) is 5.41 Å². The Kier molecular flexibility index (Phi) is 8.07. The van der Waals surface area contributed by atoms with Gasteiger partial charge in [-0.1, -0.05) is 31.5 Å². The van der Waals surface area contributed by atoms with Gasteiger partial charge in [-0.15, -0.1) is 12.4 Å². The topological polar surface area (TPSA) is 50.1 Å². The molecule has 1 aromatic carbocycles. The van der Waals surface area contributed by atoms with E-state index < -0.39 is 0 Å². The summed E-state index contributed by atoms with van der Waals surface area (Å²) in [4.78, 5) is 11.5. The van der Waals surface area contributed by atoms with Crippen molar-refractivity contribution in [2.75, 3.05) is 6.61 Å². The number of benzene rings is 1. The molecule has 94 valence electrons. The Hall–Kier alpha value is -1.35. The lowest BCUT2D eigenvalue weighted by molar-refractivity contribution is 0.0515. The average Bonchev–Trinajstić information content (AvgIpc) is 2.30. The van der Waals surface area contributed by atoms with Crippen molar-refractivity contribution in [1.82, 2.24) is 0 Å². The molecule has 4 heteroatoms. The first kappa shape index (κ1) is 15.7. The van der Waals surface area contributed by atoms with Gasteiger partial charge in [-0.2, -0.15) is 0 Å². The van der Waals surface area contributed by atoms with Gasteiger partial charge in [-0.25, -0.2) is 4.79 Å². The maximum atomic E-state index is 11.5. The highest BCUT2D eigenvalue weighted by atomic mass is 35.5. The molecule has 0 spiro atoms. The van der Waals surface area contributed by atoms with Gasteiger partial charge in [0.1, 0.15) is 0 Å². The number of ether oxygens (including phenoxy) is 1. The van der Waals surface area contributed by atoms with Gasteiger partial charge in [0.2, 0.25) is 0 Å². The van der Waals surface area contributed by atoms with E-state index in [0.29, 0.717) is 24.3 Å². The van der Waals surface area contributed by atoms with E-state index in [1.54, 1.807) is 24.3 Å². The van der Waals surface area contributed by atoms with Crippen LogP contribution in [0.4, 0.5) is 0 Å². The van der Waals surface area contributed by atoms with Crippen molar-refractivity contribution in [2.45, 2.75) is 26.2 Å². The van der Waals surface area contributed by atoms with Crippen LogP contribution in [0, 0.1) is 5.41 Å². The normalized spacial score (nSPS) is 9.24. The summed E-state index contributed by atoms with van der Waals surface area (Å²) in [5, 5.41) is 7.55. The molecule has 0 atom stereocenters. The van der Waals surface area contributed by atoms with Crippen LogP contribution in [0.25, 0.3) is 0 Å². The van der Waals surface area contributed by atoms with E-state index in [2.05, 4.69) is 0 Å². The molecule has 3 nitrogen and oxygen atoms in total. The highest BCUT2D eigenvalue weighted by molar-refractivity contribution is 5.89. The quantitative estimate of drug-likeness (QED) is 0.625. The number of hydrogen-bond donors (Lipinski definition) is 1. The Bertz CT molecular complexity index is 352. The lowest BCUT2D eigenvalue weighted by atomic mass is 10.2. The van der Waals surface area contributed by atoms with Crippen LogP contribution in [0.5, 0.6) is 0 Å². The van der Waals surface area contributed by atoms with Crippen LogP contribution in [0.2, 0.25) is 0 Å². The fourth-order valence-corrected chi connectivity index (χ4v) is 1.35. The fraction of sp³-hybridized carbons (Fsp3) is 0.385. The zero-order valence-corrected chi connectivity index (χ0v) is 10.8. The maximum Gasteiger partial charge on any atom is 0.338 e. The van der Waals surface area contributed by atoms with Crippen molar-refractivity contribution in [3.63, 3.8) is 0 Å². The van der Waals surface area contributed by atoms with E-state index in [1.165, 1.54) is 0 Å². The number of carbonyl (C=O) groups is 1. The van der Waals surface area contributed by atoms with Crippen LogP contribution in [0.1, 0.15) is 36.5 Å². The molecule has 0 amide bonds. The minimum Gasteiger partial charge on any atom is -0.462 e. The highest BCUT2D eigenvalue weighted by Gasteiger charge is 2.05. The third-order valence-corrected chi connectivity index (χ3v) is 2.20. The van der Waals surface area contributed by atoms with Crippen molar-refractivity contribution >= 4 is 24.1 Å². The second-order valence-electron chi connectivity index (χ2n) is 3.61. The van der Waals surface area contributed by atoms with Crippen LogP contribution >= 0.6 is 12.4 Å². The van der Waals surface area contributed by atoms with Crippen molar-refractivity contribution in [3.05, 3.63) is 35.9 Å². The van der Waals surface area contributed by atoms with Crippen LogP contribution in [0.15, 0.2) is 30.3 Å². The Morgan fingerprint density at radius 3 is 2.47 bits per heavy atom. The van der Waals surface area contributed by atoms with E-state index in [1.807, 2.05) is 13.0 Å². The van der Waals surface area contributed by atoms with Gasteiger partial charge < -0.3 is 10.1 Å². The summed E-state index contributed by atoms with van der Waals surface area (Å²) in [6.45, 7) is 2.33. The van der Waals surface area contributed by atoms with Crippen molar-refractivity contribution < 1.29 is 9.53 Å². The lowest BCUT2D eigenvalue weighted by Gasteiger charge is -2.05. The first-order chi connectivity index (χ1) is 7.74. The van der Waals surface area contributed by atoms with E-state index >= 15 is 0 Å². The molecule has 0 bridgehead atoms. The third kappa shape index (κ3) is 6.07. The molecule has 0 radical (unpaired) electrons.